The Kier molecular flexibility index (Phi) is 11.4. The Bertz CT molecular complexity index is 944. The summed E-state index contributed by atoms with van der Waals surface area (Å²) < 4.78 is 11.8. The average Bonchev–Trinajstić information content (AvgIpc) is 3.53. The third-order valence-electron chi connectivity index (χ3n) is 6.61. The van der Waals surface area contributed by atoms with Crippen molar-refractivity contribution in [1.29, 1.82) is 0 Å². The van der Waals surface area contributed by atoms with Gasteiger partial charge < -0.3 is 35.2 Å². The molecule has 4 unspecified atom stereocenters. The van der Waals surface area contributed by atoms with Crippen LogP contribution in [0.2, 0.25) is 0 Å². The van der Waals surface area contributed by atoms with Crippen molar-refractivity contribution >= 4 is 6.21 Å². The Morgan fingerprint density at radius 1 is 1.24 bits per heavy atom. The minimum Gasteiger partial charge on any atom is -0.504 e. The smallest absolute Gasteiger partial charge is 0.181 e. The number of phenolic OH excluding ortho intramolecular Hbond substituents is 1. The monoisotopic (exact) mass is 514 g/mol. The fourth-order valence-corrected chi connectivity index (χ4v) is 4.33. The van der Waals surface area contributed by atoms with Crippen LogP contribution in [-0.4, -0.2) is 71.3 Å². The molecule has 4 atom stereocenters. The zero-order chi connectivity index (χ0) is 26.8. The van der Waals surface area contributed by atoms with E-state index in [0.29, 0.717) is 37.7 Å². The summed E-state index contributed by atoms with van der Waals surface area (Å²) in [5.74, 6) is 0.501. The number of nitrogens with zero attached hydrogens (tertiary/aromatic N) is 1. The number of aliphatic imine (C=N–C) groups is 1. The lowest BCUT2D eigenvalue weighted by atomic mass is 10.0. The maximum atomic E-state index is 10.6. The number of hydrogen-bond acceptors (Lipinski definition) is 8. The number of aliphatic hydroxyl groups is 3. The van der Waals surface area contributed by atoms with Crippen molar-refractivity contribution in [3.63, 3.8) is 0 Å². The third-order valence-corrected chi connectivity index (χ3v) is 6.61. The van der Waals surface area contributed by atoms with Gasteiger partial charge in [-0.25, -0.2) is 0 Å². The molecule has 0 saturated heterocycles. The van der Waals surface area contributed by atoms with E-state index in [9.17, 15) is 20.4 Å². The number of hydrogen-bond donors (Lipinski definition) is 5. The molecule has 3 rings (SSSR count). The highest BCUT2D eigenvalue weighted by Crippen LogP contribution is 2.33. The number of benzene rings is 1. The fourth-order valence-electron chi connectivity index (χ4n) is 4.33. The van der Waals surface area contributed by atoms with Gasteiger partial charge in [0.2, 0.25) is 0 Å². The number of rotatable bonds is 16. The van der Waals surface area contributed by atoms with Gasteiger partial charge in [-0.05, 0) is 44.4 Å². The van der Waals surface area contributed by atoms with Crippen LogP contribution in [0.1, 0.15) is 52.0 Å². The van der Waals surface area contributed by atoms with Crippen LogP contribution < -0.4 is 10.1 Å². The van der Waals surface area contributed by atoms with Crippen molar-refractivity contribution in [3.8, 4) is 11.5 Å². The van der Waals surface area contributed by atoms with Gasteiger partial charge >= 0.3 is 0 Å². The summed E-state index contributed by atoms with van der Waals surface area (Å²) in [6.07, 6.45) is 9.50. The van der Waals surface area contributed by atoms with Gasteiger partial charge in [0.15, 0.2) is 29.9 Å². The van der Waals surface area contributed by atoms with E-state index in [4.69, 9.17) is 9.47 Å². The van der Waals surface area contributed by atoms with Gasteiger partial charge in [0, 0.05) is 25.8 Å². The molecule has 1 aromatic rings. The van der Waals surface area contributed by atoms with Crippen LogP contribution in [0.25, 0.3) is 0 Å². The van der Waals surface area contributed by atoms with E-state index in [0.717, 1.165) is 42.1 Å². The molecule has 0 aromatic heterocycles. The van der Waals surface area contributed by atoms with Crippen molar-refractivity contribution in [1.82, 2.24) is 5.32 Å². The number of nitrogens with one attached hydrogen (secondary N) is 1. The van der Waals surface area contributed by atoms with Crippen LogP contribution in [0.3, 0.4) is 0 Å². The first-order valence-corrected chi connectivity index (χ1v) is 13.3. The summed E-state index contributed by atoms with van der Waals surface area (Å²) in [5.41, 5.74) is 2.91. The van der Waals surface area contributed by atoms with Crippen LogP contribution in [0.4, 0.5) is 0 Å². The van der Waals surface area contributed by atoms with Crippen molar-refractivity contribution in [2.75, 3.05) is 26.3 Å². The summed E-state index contributed by atoms with van der Waals surface area (Å²) in [4.78, 5) is 4.33. The van der Waals surface area contributed by atoms with Crippen LogP contribution in [0, 0.1) is 18.1 Å². The molecule has 0 radical (unpaired) electrons. The number of phenols is 1. The number of aromatic hydroxyl groups is 1. The third kappa shape index (κ3) is 8.79. The summed E-state index contributed by atoms with van der Waals surface area (Å²) in [7, 11) is 0. The molecule has 0 spiro atoms. The van der Waals surface area contributed by atoms with E-state index in [1.807, 2.05) is 18.2 Å². The minimum atomic E-state index is -0.932. The lowest BCUT2D eigenvalue weighted by molar-refractivity contribution is 0.103. The number of ether oxygens (including phenoxy) is 2. The Hall–Kier alpha value is -2.49. The second kappa shape index (κ2) is 14.4. The molecule has 8 heteroatoms. The first-order valence-electron chi connectivity index (χ1n) is 13.3. The zero-order valence-corrected chi connectivity index (χ0v) is 22.2. The first-order chi connectivity index (χ1) is 17.8. The predicted octanol–water partition coefficient (Wildman–Crippen LogP) is 3.25. The number of aliphatic hydroxyl groups excluding tert-OH is 3. The molecule has 2 aliphatic rings. The predicted molar refractivity (Wildman–Crippen MR) is 144 cm³/mol. The highest BCUT2D eigenvalue weighted by Gasteiger charge is 2.31. The lowest BCUT2D eigenvalue weighted by Crippen LogP contribution is -2.29. The number of unbranched alkanes of at least 4 members (excludes halogenated alkanes) is 1. The van der Waals surface area contributed by atoms with E-state index in [1.54, 1.807) is 25.3 Å². The van der Waals surface area contributed by atoms with Crippen LogP contribution >= 0.6 is 0 Å². The van der Waals surface area contributed by atoms with Gasteiger partial charge in [-0.3, -0.25) is 0 Å². The van der Waals surface area contributed by atoms with E-state index >= 15 is 0 Å². The van der Waals surface area contributed by atoms with E-state index < -0.39 is 12.2 Å². The van der Waals surface area contributed by atoms with Crippen molar-refractivity contribution in [3.05, 3.63) is 59.2 Å². The highest BCUT2D eigenvalue weighted by atomic mass is 16.5. The van der Waals surface area contributed by atoms with E-state index in [1.165, 1.54) is 0 Å². The van der Waals surface area contributed by atoms with Gasteiger partial charge in [-0.15, -0.1) is 4.99 Å². The highest BCUT2D eigenvalue weighted by molar-refractivity contribution is 5.84. The summed E-state index contributed by atoms with van der Waals surface area (Å²) >= 11 is 0. The van der Waals surface area contributed by atoms with Gasteiger partial charge in [0.25, 0.3) is 0 Å². The second-order valence-electron chi connectivity index (χ2n) is 9.96. The fraction of sp³-hybridized carbons (Fsp3) is 0.552. The molecule has 1 aromatic carbocycles. The molecule has 8 nitrogen and oxygen atoms in total. The van der Waals surface area contributed by atoms with Crippen molar-refractivity contribution < 1.29 is 29.9 Å². The Labute approximate surface area is 220 Å². The standard InChI is InChI=1S/C29H42N2O6/c1-4-5-6-28-23(17-32)12-24(37-28)9-7-21-8-10-26(34)29(11-21)36-18-27(35)25-13-22(16-31-25)19(2)14-30-15-20(3)33/h8,10-13,16,19-20,27-28,30,32-35H,4-7,9,14-15,17-18H2,1-3H3. The molecule has 5 N–H and O–H groups in total. The van der Waals surface area contributed by atoms with Gasteiger partial charge in [0.1, 0.15) is 12.2 Å². The van der Waals surface area contributed by atoms with E-state index in [2.05, 4.69) is 24.2 Å². The molecule has 2 heterocycles. The molecule has 0 bridgehead atoms. The Balaban J connectivity index is 1.48. The zero-order valence-electron chi connectivity index (χ0n) is 22.2. The molecule has 0 fully saturated rings. The quantitative estimate of drug-likeness (QED) is 0.215. The van der Waals surface area contributed by atoms with Crippen molar-refractivity contribution in [2.45, 2.75) is 71.2 Å². The molecule has 2 aliphatic heterocycles. The molecule has 0 aliphatic carbocycles. The summed E-state index contributed by atoms with van der Waals surface area (Å²) in [5, 5.41) is 43.1. The first kappa shape index (κ1) is 29.1. The SMILES string of the molecule is CCCCC1O[C-](CCc2ccc(O)c(OCC(O)[C+]3C=C(C(C)CNCC(C)O)C=N3)c2)C=C1CO. The molecule has 204 valence electrons. The normalized spacial score (nSPS) is 19.7. The molecule has 0 saturated carbocycles. The van der Waals surface area contributed by atoms with Crippen LogP contribution in [0.15, 0.2) is 46.5 Å². The molecule has 37 heavy (non-hydrogen) atoms. The summed E-state index contributed by atoms with van der Waals surface area (Å²) in [6.45, 7) is 7.13. The second-order valence-corrected chi connectivity index (χ2v) is 9.96. The largest absolute Gasteiger partial charge is 0.504 e. The van der Waals surface area contributed by atoms with Gasteiger partial charge in [-0.1, -0.05) is 38.4 Å². The Morgan fingerprint density at radius 2 is 2.05 bits per heavy atom. The minimum absolute atomic E-state index is 0.00985. The number of aryl methyl sites for hydroxylation is 1. The lowest BCUT2D eigenvalue weighted by Gasteiger charge is -2.24. The maximum absolute atomic E-state index is 10.6. The van der Waals surface area contributed by atoms with Gasteiger partial charge in [-0.2, -0.15) is 11.6 Å². The molecular weight excluding hydrogens is 472 g/mol. The van der Waals surface area contributed by atoms with E-state index in [-0.39, 0.29) is 31.0 Å². The Morgan fingerprint density at radius 3 is 2.78 bits per heavy atom. The van der Waals surface area contributed by atoms with Crippen molar-refractivity contribution in [2.24, 2.45) is 10.9 Å². The van der Waals surface area contributed by atoms with Crippen LogP contribution in [-0.2, 0) is 11.2 Å². The topological polar surface area (TPSA) is 124 Å². The molecule has 0 amide bonds. The average molecular weight is 515 g/mol. The summed E-state index contributed by atoms with van der Waals surface area (Å²) in [6, 6.07) is 5.74. The molecular formula is C29H42N2O6. The maximum Gasteiger partial charge on any atom is 0.181 e. The van der Waals surface area contributed by atoms with Crippen LogP contribution in [0.5, 0.6) is 11.5 Å². The van der Waals surface area contributed by atoms with Gasteiger partial charge in [0.05, 0.1) is 18.1 Å².